The molecule has 0 aromatic heterocycles. The Labute approximate surface area is 125 Å². The molecule has 2 nitrogen and oxygen atoms in total. The fraction of sp³-hybridized carbons (Fsp3) is 0.200. The van der Waals surface area contributed by atoms with E-state index in [2.05, 4.69) is 21.4 Å². The summed E-state index contributed by atoms with van der Waals surface area (Å²) in [6, 6.07) is 11.2. The summed E-state index contributed by atoms with van der Waals surface area (Å²) in [4.78, 5) is 0. The van der Waals surface area contributed by atoms with Gasteiger partial charge in [-0.1, -0.05) is 30.3 Å². The third kappa shape index (κ3) is 3.62. The summed E-state index contributed by atoms with van der Waals surface area (Å²) in [6.45, 7) is 0. The summed E-state index contributed by atoms with van der Waals surface area (Å²) in [7, 11) is 0. The Morgan fingerprint density at radius 1 is 0.950 bits per heavy atom. The molecule has 2 aromatic carbocycles. The number of hydrogen-bond acceptors (Lipinski definition) is 2. The van der Waals surface area contributed by atoms with Crippen LogP contribution in [0.25, 0.3) is 0 Å². The third-order valence-corrected chi connectivity index (χ3v) is 4.05. The minimum absolute atomic E-state index is 0.176. The Morgan fingerprint density at radius 3 is 2.25 bits per heavy atom. The summed E-state index contributed by atoms with van der Waals surface area (Å²) < 4.78 is 27.5. The summed E-state index contributed by atoms with van der Waals surface area (Å²) in [5.74, 6) is 4.95. The molecule has 2 aromatic rings. The van der Waals surface area contributed by atoms with E-state index in [-0.39, 0.29) is 17.7 Å². The predicted octanol–water partition coefficient (Wildman–Crippen LogP) is 3.34. The van der Waals surface area contributed by atoms with Crippen molar-refractivity contribution in [1.29, 1.82) is 0 Å². The zero-order valence-electron chi connectivity index (χ0n) is 10.7. The number of benzene rings is 2. The van der Waals surface area contributed by atoms with Crippen LogP contribution in [0.4, 0.5) is 8.78 Å². The van der Waals surface area contributed by atoms with Gasteiger partial charge in [0.15, 0.2) is 0 Å². The van der Waals surface area contributed by atoms with Crippen molar-refractivity contribution >= 4 is 15.9 Å². The molecule has 0 heterocycles. The van der Waals surface area contributed by atoms with Crippen LogP contribution in [0.3, 0.4) is 0 Å². The largest absolute Gasteiger partial charge is 0.271 e. The van der Waals surface area contributed by atoms with Crippen LogP contribution in [0.5, 0.6) is 0 Å². The van der Waals surface area contributed by atoms with E-state index in [4.69, 9.17) is 5.84 Å². The topological polar surface area (TPSA) is 38.0 Å². The zero-order valence-corrected chi connectivity index (χ0v) is 12.3. The van der Waals surface area contributed by atoms with Gasteiger partial charge in [0.1, 0.15) is 11.6 Å². The van der Waals surface area contributed by atoms with Crippen LogP contribution in [0.15, 0.2) is 46.9 Å². The number of nitrogens with two attached hydrogens (primary N) is 1. The number of rotatable bonds is 5. The number of halogens is 3. The van der Waals surface area contributed by atoms with Crippen LogP contribution in [0, 0.1) is 11.6 Å². The molecule has 3 N–H and O–H groups in total. The second kappa shape index (κ2) is 6.92. The molecule has 1 unspecified atom stereocenters. The molecule has 0 fully saturated rings. The first-order chi connectivity index (χ1) is 9.61. The summed E-state index contributed by atoms with van der Waals surface area (Å²) >= 11 is 3.22. The lowest BCUT2D eigenvalue weighted by Crippen LogP contribution is -2.38. The van der Waals surface area contributed by atoms with Crippen molar-refractivity contribution in [2.75, 3.05) is 0 Å². The van der Waals surface area contributed by atoms with Crippen molar-refractivity contribution in [2.45, 2.75) is 18.9 Å². The average molecular weight is 341 g/mol. The molecular formula is C15H15BrF2N2. The summed E-state index contributed by atoms with van der Waals surface area (Å²) in [5, 5.41) is 0. The van der Waals surface area contributed by atoms with E-state index >= 15 is 0 Å². The molecule has 0 saturated carbocycles. The van der Waals surface area contributed by atoms with Gasteiger partial charge in [0.25, 0.3) is 0 Å². The van der Waals surface area contributed by atoms with Gasteiger partial charge in [-0.15, -0.1) is 0 Å². The SMILES string of the molecule is NNC(Cc1ccccc1F)Cc1cccc(F)c1Br. The second-order valence-corrected chi connectivity index (χ2v) is 5.37. The maximum absolute atomic E-state index is 13.6. The van der Waals surface area contributed by atoms with Crippen LogP contribution in [0.2, 0.25) is 0 Å². The van der Waals surface area contributed by atoms with Crippen LogP contribution in [-0.2, 0) is 12.8 Å². The van der Waals surface area contributed by atoms with E-state index in [1.165, 1.54) is 12.1 Å². The highest BCUT2D eigenvalue weighted by atomic mass is 79.9. The molecule has 1 atom stereocenters. The van der Waals surface area contributed by atoms with Gasteiger partial charge in [0, 0.05) is 6.04 Å². The molecule has 20 heavy (non-hydrogen) atoms. The number of nitrogens with one attached hydrogen (secondary N) is 1. The molecule has 0 aliphatic carbocycles. The lowest BCUT2D eigenvalue weighted by atomic mass is 9.99. The molecule has 106 valence electrons. The standard InChI is InChI=1S/C15H15BrF2N2/c16-15-11(5-3-7-14(15)18)9-12(20-19)8-10-4-1-2-6-13(10)17/h1-7,12,20H,8-9,19H2. The van der Waals surface area contributed by atoms with Crippen molar-refractivity contribution in [1.82, 2.24) is 5.43 Å². The molecule has 0 bridgehead atoms. The van der Waals surface area contributed by atoms with E-state index in [1.807, 2.05) is 6.07 Å². The average Bonchev–Trinajstić information content (AvgIpc) is 2.45. The fourth-order valence-corrected chi connectivity index (χ4v) is 2.52. The number of hydrogen-bond donors (Lipinski definition) is 2. The maximum atomic E-state index is 13.6. The van der Waals surface area contributed by atoms with Crippen molar-refractivity contribution in [3.8, 4) is 0 Å². The molecule has 2 rings (SSSR count). The fourth-order valence-electron chi connectivity index (χ4n) is 2.09. The summed E-state index contributed by atoms with van der Waals surface area (Å²) in [5.41, 5.74) is 4.04. The molecule has 0 aliphatic rings. The van der Waals surface area contributed by atoms with E-state index in [0.717, 1.165) is 5.56 Å². The first-order valence-corrected chi connectivity index (χ1v) is 7.03. The van der Waals surface area contributed by atoms with Crippen LogP contribution >= 0.6 is 15.9 Å². The molecule has 0 amide bonds. The highest BCUT2D eigenvalue weighted by molar-refractivity contribution is 9.10. The van der Waals surface area contributed by atoms with Crippen molar-refractivity contribution in [3.63, 3.8) is 0 Å². The van der Waals surface area contributed by atoms with E-state index in [1.54, 1.807) is 24.3 Å². The van der Waals surface area contributed by atoms with Gasteiger partial charge in [0.05, 0.1) is 4.47 Å². The Kier molecular flexibility index (Phi) is 5.23. The smallest absolute Gasteiger partial charge is 0.137 e. The van der Waals surface area contributed by atoms with Crippen LogP contribution < -0.4 is 11.3 Å². The Hall–Kier alpha value is -1.30. The summed E-state index contributed by atoms with van der Waals surface area (Å²) in [6.07, 6.45) is 0.940. The Morgan fingerprint density at radius 2 is 1.55 bits per heavy atom. The van der Waals surface area contributed by atoms with Crippen molar-refractivity contribution in [3.05, 3.63) is 69.7 Å². The van der Waals surface area contributed by atoms with Crippen molar-refractivity contribution in [2.24, 2.45) is 5.84 Å². The Bertz CT molecular complexity index is 590. The van der Waals surface area contributed by atoms with Gasteiger partial charge in [-0.25, -0.2) is 8.78 Å². The maximum Gasteiger partial charge on any atom is 0.137 e. The van der Waals surface area contributed by atoms with E-state index in [0.29, 0.717) is 22.9 Å². The van der Waals surface area contributed by atoms with Gasteiger partial charge in [-0.2, -0.15) is 0 Å². The molecule has 0 radical (unpaired) electrons. The third-order valence-electron chi connectivity index (χ3n) is 3.16. The van der Waals surface area contributed by atoms with Gasteiger partial charge < -0.3 is 0 Å². The normalized spacial score (nSPS) is 12.4. The highest BCUT2D eigenvalue weighted by Gasteiger charge is 2.14. The van der Waals surface area contributed by atoms with E-state index < -0.39 is 0 Å². The first-order valence-electron chi connectivity index (χ1n) is 6.24. The first kappa shape index (κ1) is 15.1. The molecule has 0 saturated heterocycles. The molecule has 0 spiro atoms. The second-order valence-electron chi connectivity index (χ2n) is 4.58. The minimum atomic E-state index is -0.316. The molecular weight excluding hydrogens is 326 g/mol. The van der Waals surface area contributed by atoms with Gasteiger partial charge in [0.2, 0.25) is 0 Å². The minimum Gasteiger partial charge on any atom is -0.271 e. The van der Waals surface area contributed by atoms with Gasteiger partial charge >= 0.3 is 0 Å². The predicted molar refractivity (Wildman–Crippen MR) is 79.0 cm³/mol. The Balaban J connectivity index is 2.14. The lowest BCUT2D eigenvalue weighted by Gasteiger charge is -2.17. The lowest BCUT2D eigenvalue weighted by molar-refractivity contribution is 0.504. The van der Waals surface area contributed by atoms with Gasteiger partial charge in [-0.3, -0.25) is 11.3 Å². The van der Waals surface area contributed by atoms with Crippen LogP contribution in [-0.4, -0.2) is 6.04 Å². The van der Waals surface area contributed by atoms with E-state index in [9.17, 15) is 8.78 Å². The zero-order chi connectivity index (χ0) is 14.5. The van der Waals surface area contributed by atoms with Gasteiger partial charge in [-0.05, 0) is 52.0 Å². The highest BCUT2D eigenvalue weighted by Crippen LogP contribution is 2.22. The molecule has 5 heteroatoms. The molecule has 0 aliphatic heterocycles. The van der Waals surface area contributed by atoms with Crippen molar-refractivity contribution < 1.29 is 8.78 Å². The number of hydrazine groups is 1. The monoisotopic (exact) mass is 340 g/mol. The quantitative estimate of drug-likeness (QED) is 0.647. The van der Waals surface area contributed by atoms with Crippen LogP contribution in [0.1, 0.15) is 11.1 Å².